The number of phenols is 1. The molecule has 6 atom stereocenters. The van der Waals surface area contributed by atoms with E-state index in [1.807, 2.05) is 30.3 Å². The van der Waals surface area contributed by atoms with Crippen LogP contribution in [-0.2, 0) is 27.3 Å². The highest BCUT2D eigenvalue weighted by molar-refractivity contribution is 6.25. The van der Waals surface area contributed by atoms with Crippen LogP contribution in [0.25, 0.3) is 16.9 Å². The van der Waals surface area contributed by atoms with Crippen molar-refractivity contribution in [1.82, 2.24) is 9.80 Å². The van der Waals surface area contributed by atoms with Crippen LogP contribution in [0.5, 0.6) is 5.75 Å². The van der Waals surface area contributed by atoms with Crippen molar-refractivity contribution in [3.8, 4) is 16.9 Å². The van der Waals surface area contributed by atoms with Crippen molar-refractivity contribution in [2.45, 2.75) is 56.9 Å². The predicted octanol–water partition coefficient (Wildman–Crippen LogP) is 2.03. The van der Waals surface area contributed by atoms with E-state index in [0.29, 0.717) is 11.1 Å². The van der Waals surface area contributed by atoms with Crippen molar-refractivity contribution >= 4 is 23.2 Å². The topological polar surface area (TPSA) is 165 Å². The van der Waals surface area contributed by atoms with Gasteiger partial charge in [0.2, 0.25) is 11.7 Å². The van der Waals surface area contributed by atoms with E-state index in [1.165, 1.54) is 12.8 Å². The quantitative estimate of drug-likeness (QED) is 0.322. The number of piperidine rings is 1. The van der Waals surface area contributed by atoms with E-state index in [1.54, 1.807) is 19.0 Å². The number of aliphatic hydroxyl groups is 3. The summed E-state index contributed by atoms with van der Waals surface area (Å²) in [5, 5.41) is 45.9. The fraction of sp³-hybridized carbons (Fsp3) is 0.500. The smallest absolute Gasteiger partial charge is 0.230 e. The summed E-state index contributed by atoms with van der Waals surface area (Å²) in [5.74, 6) is -6.65. The Morgan fingerprint density at radius 1 is 1.11 bits per heavy atom. The third-order valence-corrected chi connectivity index (χ3v) is 10.5. The molecule has 1 heterocycles. The lowest BCUT2D eigenvalue weighted by atomic mass is 9.54. The molecule has 2 unspecified atom stereocenters. The number of aromatic hydroxyl groups is 1. The molecule has 1 aliphatic heterocycles. The van der Waals surface area contributed by atoms with Crippen molar-refractivity contribution in [2.24, 2.45) is 29.4 Å². The minimum atomic E-state index is -2.67. The maximum Gasteiger partial charge on any atom is 0.230 e. The molecular weight excluding hydrogens is 562 g/mol. The zero-order valence-electron chi connectivity index (χ0n) is 25.4. The number of hydrogen-bond acceptors (Lipinski definition) is 9. The van der Waals surface area contributed by atoms with Gasteiger partial charge in [-0.25, -0.2) is 0 Å². The predicted molar refractivity (Wildman–Crippen MR) is 163 cm³/mol. The van der Waals surface area contributed by atoms with E-state index < -0.39 is 58.7 Å². The van der Waals surface area contributed by atoms with Crippen molar-refractivity contribution in [1.29, 1.82) is 0 Å². The molecule has 1 amide bonds. The number of carbonyl (C=O) groups is 3. The van der Waals surface area contributed by atoms with Gasteiger partial charge in [-0.3, -0.25) is 19.3 Å². The SMILES string of the molecule is CC1CCN(Cc2cccc(-c3ccc4c(c3O)C(O)=C3C(=O)[C@@]5(O)C(=O)C(C(N)=O)C(O)[C@H](N(C)C)[C@H]5C[C@H]3C4)c2)CC1. The highest BCUT2D eigenvalue weighted by atomic mass is 16.3. The standard InChI is InChI=1S/C34H41N3O7/c1-17-9-11-37(12-10-17)16-18-5-4-6-19(13-18)22-8-7-20-14-21-15-23-27(36(2)3)30(40)26(33(35)43)32(42)34(23,44)31(41)25(21)29(39)24(20)28(22)38/h4-8,13,17,21,23,26-27,30,38-40,44H,9-12,14-16H2,1-3H3,(H2,35,43)/t21-,23-,26?,27-,30?,34-/m1/s1. The molecule has 10 heteroatoms. The van der Waals surface area contributed by atoms with Gasteiger partial charge in [0.15, 0.2) is 11.4 Å². The Morgan fingerprint density at radius 2 is 1.82 bits per heavy atom. The number of likely N-dealkylation sites (N-methyl/N-ethyl adjacent to an activating group) is 1. The van der Waals surface area contributed by atoms with E-state index >= 15 is 0 Å². The summed E-state index contributed by atoms with van der Waals surface area (Å²) in [5.41, 5.74) is 5.72. The number of nitrogens with zero attached hydrogens (tertiary/aromatic N) is 2. The summed E-state index contributed by atoms with van der Waals surface area (Å²) < 4.78 is 0. The molecule has 3 aliphatic carbocycles. The van der Waals surface area contributed by atoms with Gasteiger partial charge in [0.25, 0.3) is 0 Å². The number of likely N-dealkylation sites (tertiary alicyclic amines) is 1. The second-order valence-corrected chi connectivity index (χ2v) is 13.4. The normalized spacial score (nSPS) is 31.1. The van der Waals surface area contributed by atoms with Crippen LogP contribution < -0.4 is 5.73 Å². The highest BCUT2D eigenvalue weighted by Crippen LogP contribution is 2.53. The Morgan fingerprint density at radius 3 is 2.48 bits per heavy atom. The van der Waals surface area contributed by atoms with Crippen LogP contribution in [0, 0.1) is 23.7 Å². The fourth-order valence-corrected chi connectivity index (χ4v) is 8.13. The maximum atomic E-state index is 14.1. The van der Waals surface area contributed by atoms with Crippen LogP contribution >= 0.6 is 0 Å². The van der Waals surface area contributed by atoms with Crippen LogP contribution in [0.1, 0.15) is 42.9 Å². The van der Waals surface area contributed by atoms with Crippen molar-refractivity contribution in [3.63, 3.8) is 0 Å². The van der Waals surface area contributed by atoms with Gasteiger partial charge in [-0.2, -0.15) is 0 Å². The number of ketones is 2. The first-order valence-electron chi connectivity index (χ1n) is 15.4. The van der Waals surface area contributed by atoms with Gasteiger partial charge in [-0.1, -0.05) is 37.3 Å². The fourth-order valence-electron chi connectivity index (χ4n) is 8.13. The summed E-state index contributed by atoms with van der Waals surface area (Å²) in [7, 11) is 3.26. The maximum absolute atomic E-state index is 14.1. The molecule has 10 nitrogen and oxygen atoms in total. The second-order valence-electron chi connectivity index (χ2n) is 13.4. The van der Waals surface area contributed by atoms with Crippen LogP contribution in [0.4, 0.5) is 0 Å². The zero-order valence-corrected chi connectivity index (χ0v) is 25.4. The largest absolute Gasteiger partial charge is 0.507 e. The average molecular weight is 604 g/mol. The number of carbonyl (C=O) groups excluding carboxylic acids is 3. The molecule has 1 saturated heterocycles. The molecule has 4 aliphatic rings. The lowest BCUT2D eigenvalue weighted by Gasteiger charge is -2.53. The number of benzene rings is 2. The molecule has 0 spiro atoms. The summed E-state index contributed by atoms with van der Waals surface area (Å²) in [6.45, 7) is 5.14. The van der Waals surface area contributed by atoms with E-state index in [-0.39, 0.29) is 29.7 Å². The molecule has 3 fully saturated rings. The Hall–Kier alpha value is -3.57. The Kier molecular flexibility index (Phi) is 7.68. The van der Waals surface area contributed by atoms with Crippen LogP contribution in [-0.4, -0.2) is 92.6 Å². The summed E-state index contributed by atoms with van der Waals surface area (Å²) in [4.78, 5) is 43.9. The molecule has 0 bridgehead atoms. The monoisotopic (exact) mass is 603 g/mol. The summed E-state index contributed by atoms with van der Waals surface area (Å²) in [6, 6.07) is 10.6. The van der Waals surface area contributed by atoms with Gasteiger partial charge < -0.3 is 31.1 Å². The number of fused-ring (bicyclic) bond motifs is 3. The van der Waals surface area contributed by atoms with Crippen LogP contribution in [0.3, 0.4) is 0 Å². The number of rotatable bonds is 5. The molecule has 44 heavy (non-hydrogen) atoms. The third kappa shape index (κ3) is 4.67. The molecule has 234 valence electrons. The lowest BCUT2D eigenvalue weighted by molar-refractivity contribution is -0.184. The molecule has 6 N–H and O–H groups in total. The number of primary amides is 1. The second kappa shape index (κ2) is 11.1. The molecule has 0 aromatic heterocycles. The minimum Gasteiger partial charge on any atom is -0.507 e. The molecule has 2 aromatic carbocycles. The summed E-state index contributed by atoms with van der Waals surface area (Å²) >= 11 is 0. The van der Waals surface area contributed by atoms with E-state index in [9.17, 15) is 34.8 Å². The Balaban J connectivity index is 1.38. The van der Waals surface area contributed by atoms with Gasteiger partial charge in [0.1, 0.15) is 17.4 Å². The molecule has 6 rings (SSSR count). The first kappa shape index (κ1) is 30.5. The van der Waals surface area contributed by atoms with E-state index in [2.05, 4.69) is 17.9 Å². The molecular formula is C34H41N3O7. The number of hydrogen-bond donors (Lipinski definition) is 5. The van der Waals surface area contributed by atoms with Gasteiger partial charge in [-0.05, 0) is 87.5 Å². The van der Waals surface area contributed by atoms with Crippen molar-refractivity contribution < 1.29 is 34.8 Å². The number of aliphatic hydroxyl groups excluding tert-OH is 2. The number of amides is 1. The van der Waals surface area contributed by atoms with Crippen LogP contribution in [0.2, 0.25) is 0 Å². The van der Waals surface area contributed by atoms with Crippen LogP contribution in [0.15, 0.2) is 42.0 Å². The van der Waals surface area contributed by atoms with Gasteiger partial charge >= 0.3 is 0 Å². The number of Topliss-reactive ketones (excluding diaryl/α,β-unsaturated/α-hetero) is 2. The minimum absolute atomic E-state index is 0.0953. The van der Waals surface area contributed by atoms with Crippen molar-refractivity contribution in [3.05, 3.63) is 58.7 Å². The van der Waals surface area contributed by atoms with E-state index in [4.69, 9.17) is 5.73 Å². The Bertz CT molecular complexity index is 1560. The Labute approximate surface area is 256 Å². The van der Waals surface area contributed by atoms with E-state index in [0.717, 1.165) is 36.7 Å². The average Bonchev–Trinajstić information content (AvgIpc) is 2.96. The van der Waals surface area contributed by atoms with Crippen molar-refractivity contribution in [2.75, 3.05) is 27.2 Å². The number of phenolic OH excluding ortho intramolecular Hbond substituents is 1. The zero-order chi connectivity index (χ0) is 31.7. The molecule has 0 radical (unpaired) electrons. The lowest BCUT2D eigenvalue weighted by Crippen LogP contribution is -2.73. The number of nitrogens with two attached hydrogens (primary N) is 1. The van der Waals surface area contributed by atoms with Gasteiger partial charge in [0, 0.05) is 29.6 Å². The molecule has 2 saturated carbocycles. The first-order chi connectivity index (χ1) is 20.8. The third-order valence-electron chi connectivity index (χ3n) is 10.5. The van der Waals surface area contributed by atoms with Gasteiger partial charge in [-0.15, -0.1) is 0 Å². The molecule has 2 aromatic rings. The summed E-state index contributed by atoms with van der Waals surface area (Å²) in [6.07, 6.45) is 1.19. The highest BCUT2D eigenvalue weighted by Gasteiger charge is 2.67. The first-order valence-corrected chi connectivity index (χ1v) is 15.4. The van der Waals surface area contributed by atoms with Gasteiger partial charge in [0.05, 0.1) is 11.7 Å².